The number of para-hydroxylation sites is 1. The summed E-state index contributed by atoms with van der Waals surface area (Å²) >= 11 is 0. The largest absolute Gasteiger partial charge is 0.497 e. The fraction of sp³-hybridized carbons (Fsp3) is 0.148. The molecule has 0 atom stereocenters. The highest BCUT2D eigenvalue weighted by molar-refractivity contribution is 6.14. The molecule has 0 bridgehead atoms. The van der Waals surface area contributed by atoms with Crippen molar-refractivity contribution >= 4 is 28.0 Å². The van der Waals surface area contributed by atoms with Gasteiger partial charge in [-0.25, -0.2) is 4.79 Å². The van der Waals surface area contributed by atoms with Gasteiger partial charge in [0, 0.05) is 10.9 Å². The predicted molar refractivity (Wildman–Crippen MR) is 129 cm³/mol. The van der Waals surface area contributed by atoms with Crippen LogP contribution in [0, 0.1) is 0 Å². The Balaban J connectivity index is 1.84. The summed E-state index contributed by atoms with van der Waals surface area (Å²) in [4.78, 5) is 12.7. The molecular formula is C27H23NO6. The number of methoxy groups -OCH3 is 3. The minimum absolute atomic E-state index is 0.134. The van der Waals surface area contributed by atoms with Crippen LogP contribution in [0.3, 0.4) is 0 Å². The van der Waals surface area contributed by atoms with Crippen LogP contribution < -0.4 is 14.2 Å². The number of nitrogens with zero attached hydrogens (tertiary/aromatic N) is 1. The number of furan rings is 1. The monoisotopic (exact) mass is 457 g/mol. The van der Waals surface area contributed by atoms with Crippen LogP contribution in [0.4, 0.5) is 0 Å². The molecule has 34 heavy (non-hydrogen) atoms. The Bertz CT molecular complexity index is 1510. The molecule has 0 aliphatic carbocycles. The van der Waals surface area contributed by atoms with Crippen LogP contribution in [0.5, 0.6) is 17.2 Å². The van der Waals surface area contributed by atoms with Gasteiger partial charge in [0.15, 0.2) is 5.58 Å². The molecule has 2 aromatic heterocycles. The van der Waals surface area contributed by atoms with E-state index < -0.39 is 5.97 Å². The van der Waals surface area contributed by atoms with E-state index in [0.29, 0.717) is 39.5 Å². The van der Waals surface area contributed by atoms with Crippen molar-refractivity contribution in [3.63, 3.8) is 0 Å². The van der Waals surface area contributed by atoms with Crippen molar-refractivity contribution in [3.8, 4) is 28.4 Å². The fourth-order valence-corrected chi connectivity index (χ4v) is 4.41. The Kier molecular flexibility index (Phi) is 5.37. The van der Waals surface area contributed by atoms with Crippen LogP contribution in [0.15, 0.2) is 71.1 Å². The molecule has 1 N–H and O–H groups in total. The molecule has 0 amide bonds. The summed E-state index contributed by atoms with van der Waals surface area (Å²) in [5.41, 5.74) is 4.07. The SMILES string of the molecule is COc1ccc(-c2c(C(=O)O)n(Cc3cc(OC)ccc3OC)c3c2oc2ccccc23)cc1. The van der Waals surface area contributed by atoms with E-state index in [1.54, 1.807) is 38.0 Å². The van der Waals surface area contributed by atoms with Gasteiger partial charge in [0.1, 0.15) is 28.5 Å². The lowest BCUT2D eigenvalue weighted by atomic mass is 10.0. The zero-order valence-electron chi connectivity index (χ0n) is 19.0. The summed E-state index contributed by atoms with van der Waals surface area (Å²) in [6.07, 6.45) is 0. The summed E-state index contributed by atoms with van der Waals surface area (Å²) in [5.74, 6) is 0.923. The number of ether oxygens (including phenoxy) is 3. The lowest BCUT2D eigenvalue weighted by Crippen LogP contribution is -2.11. The number of rotatable bonds is 7. The van der Waals surface area contributed by atoms with Crippen molar-refractivity contribution in [2.75, 3.05) is 21.3 Å². The standard InChI is InChI=1S/C27H23NO6/c1-31-18-10-8-16(9-11-18)23-25(27(29)30)28(15-17-14-19(32-2)12-13-21(17)33-3)24-20-6-4-5-7-22(20)34-26(23)24/h4-14H,15H2,1-3H3,(H,29,30). The summed E-state index contributed by atoms with van der Waals surface area (Å²) in [7, 11) is 4.77. The molecule has 0 saturated heterocycles. The predicted octanol–water partition coefficient (Wildman–Crippen LogP) is 5.83. The Labute approximate surface area is 195 Å². The second kappa shape index (κ2) is 8.51. The molecular weight excluding hydrogens is 434 g/mol. The van der Waals surface area contributed by atoms with Gasteiger partial charge in [0.2, 0.25) is 0 Å². The highest BCUT2D eigenvalue weighted by Gasteiger charge is 2.28. The number of benzene rings is 3. The zero-order valence-corrected chi connectivity index (χ0v) is 19.0. The summed E-state index contributed by atoms with van der Waals surface area (Å²) < 4.78 is 24.3. The third kappa shape index (κ3) is 3.42. The van der Waals surface area contributed by atoms with E-state index in [1.807, 2.05) is 54.6 Å². The van der Waals surface area contributed by atoms with Crippen molar-refractivity contribution in [3.05, 3.63) is 78.0 Å². The lowest BCUT2D eigenvalue weighted by Gasteiger charge is -2.14. The Hall–Kier alpha value is -4.39. The number of aromatic nitrogens is 1. The molecule has 7 nitrogen and oxygen atoms in total. The molecule has 2 heterocycles. The van der Waals surface area contributed by atoms with Crippen molar-refractivity contribution in [1.82, 2.24) is 4.57 Å². The van der Waals surface area contributed by atoms with E-state index in [2.05, 4.69) is 0 Å². The van der Waals surface area contributed by atoms with Gasteiger partial charge in [-0.15, -0.1) is 0 Å². The molecule has 0 radical (unpaired) electrons. The van der Waals surface area contributed by atoms with Crippen LogP contribution in [0.1, 0.15) is 16.1 Å². The minimum atomic E-state index is -1.05. The van der Waals surface area contributed by atoms with E-state index in [9.17, 15) is 9.90 Å². The van der Waals surface area contributed by atoms with E-state index >= 15 is 0 Å². The number of carboxylic acids is 1. The first-order chi connectivity index (χ1) is 16.5. The van der Waals surface area contributed by atoms with Crippen molar-refractivity contribution < 1.29 is 28.5 Å². The van der Waals surface area contributed by atoms with Crippen LogP contribution in [-0.4, -0.2) is 37.0 Å². The van der Waals surface area contributed by atoms with Gasteiger partial charge in [-0.1, -0.05) is 24.3 Å². The second-order valence-corrected chi connectivity index (χ2v) is 7.80. The van der Waals surface area contributed by atoms with E-state index in [0.717, 1.165) is 16.5 Å². The number of hydrogen-bond donors (Lipinski definition) is 1. The quantitative estimate of drug-likeness (QED) is 0.331. The Morgan fingerprint density at radius 2 is 1.62 bits per heavy atom. The number of aromatic carboxylic acids is 1. The highest BCUT2D eigenvalue weighted by atomic mass is 16.5. The molecule has 5 rings (SSSR count). The molecule has 5 aromatic rings. The van der Waals surface area contributed by atoms with Gasteiger partial charge in [-0.2, -0.15) is 0 Å². The third-order valence-corrected chi connectivity index (χ3v) is 5.97. The number of carbonyl (C=O) groups is 1. The molecule has 0 aliphatic heterocycles. The molecule has 0 fully saturated rings. The second-order valence-electron chi connectivity index (χ2n) is 7.80. The molecule has 172 valence electrons. The topological polar surface area (TPSA) is 83.1 Å². The first-order valence-electron chi connectivity index (χ1n) is 10.7. The van der Waals surface area contributed by atoms with Gasteiger partial charge in [-0.3, -0.25) is 0 Å². The molecule has 0 saturated carbocycles. The minimum Gasteiger partial charge on any atom is -0.497 e. The zero-order chi connectivity index (χ0) is 23.8. The summed E-state index contributed by atoms with van der Waals surface area (Å²) in [6, 6.07) is 20.4. The van der Waals surface area contributed by atoms with Crippen LogP contribution >= 0.6 is 0 Å². The maximum Gasteiger partial charge on any atom is 0.353 e. The molecule has 0 spiro atoms. The third-order valence-electron chi connectivity index (χ3n) is 5.97. The van der Waals surface area contributed by atoms with Gasteiger partial charge in [-0.05, 0) is 48.0 Å². The normalized spacial score (nSPS) is 11.1. The Morgan fingerprint density at radius 3 is 2.29 bits per heavy atom. The van der Waals surface area contributed by atoms with Gasteiger partial charge in [0.25, 0.3) is 0 Å². The number of carboxylic acid groups (broad SMARTS) is 1. The van der Waals surface area contributed by atoms with Crippen LogP contribution in [-0.2, 0) is 6.54 Å². The van der Waals surface area contributed by atoms with E-state index in [-0.39, 0.29) is 12.2 Å². The van der Waals surface area contributed by atoms with Gasteiger partial charge in [0.05, 0.1) is 39.0 Å². The average Bonchev–Trinajstić information content (AvgIpc) is 3.39. The van der Waals surface area contributed by atoms with Crippen molar-refractivity contribution in [2.45, 2.75) is 6.54 Å². The smallest absolute Gasteiger partial charge is 0.353 e. The Morgan fingerprint density at radius 1 is 0.912 bits per heavy atom. The van der Waals surface area contributed by atoms with Crippen molar-refractivity contribution in [2.24, 2.45) is 0 Å². The maximum atomic E-state index is 12.7. The molecule has 0 aliphatic rings. The van der Waals surface area contributed by atoms with E-state index in [1.165, 1.54) is 0 Å². The molecule has 7 heteroatoms. The summed E-state index contributed by atoms with van der Waals surface area (Å²) in [6.45, 7) is 0.248. The first-order valence-corrected chi connectivity index (χ1v) is 10.7. The van der Waals surface area contributed by atoms with Crippen molar-refractivity contribution in [1.29, 1.82) is 0 Å². The maximum absolute atomic E-state index is 12.7. The average molecular weight is 457 g/mol. The fourth-order valence-electron chi connectivity index (χ4n) is 4.41. The van der Waals surface area contributed by atoms with Gasteiger partial charge >= 0.3 is 5.97 Å². The van der Waals surface area contributed by atoms with Crippen LogP contribution in [0.2, 0.25) is 0 Å². The summed E-state index contributed by atoms with van der Waals surface area (Å²) in [5, 5.41) is 11.2. The lowest BCUT2D eigenvalue weighted by molar-refractivity contribution is 0.0687. The highest BCUT2D eigenvalue weighted by Crippen LogP contribution is 2.42. The van der Waals surface area contributed by atoms with Crippen LogP contribution in [0.25, 0.3) is 33.2 Å². The number of hydrogen-bond acceptors (Lipinski definition) is 5. The number of fused-ring (bicyclic) bond motifs is 3. The first kappa shape index (κ1) is 21.5. The van der Waals surface area contributed by atoms with E-state index in [4.69, 9.17) is 18.6 Å². The van der Waals surface area contributed by atoms with Gasteiger partial charge < -0.3 is 28.3 Å². The molecule has 0 unspecified atom stereocenters. The molecule has 3 aromatic carbocycles.